The van der Waals surface area contributed by atoms with E-state index in [-0.39, 0.29) is 6.04 Å². The van der Waals surface area contributed by atoms with Crippen LogP contribution in [0.2, 0.25) is 0 Å². The Morgan fingerprint density at radius 1 is 1.33 bits per heavy atom. The van der Waals surface area contributed by atoms with E-state index in [9.17, 15) is 4.79 Å². The average molecular weight is 252 g/mol. The zero-order chi connectivity index (χ0) is 13.1. The first kappa shape index (κ1) is 13.9. The molecule has 1 N–H and O–H groups in total. The van der Waals surface area contributed by atoms with Crippen LogP contribution in [0.3, 0.4) is 0 Å². The highest BCUT2D eigenvalue weighted by molar-refractivity contribution is 5.84. The molecule has 0 aromatic carbocycles. The van der Waals surface area contributed by atoms with Gasteiger partial charge in [-0.3, -0.25) is 10.1 Å². The van der Waals surface area contributed by atoms with Crippen molar-refractivity contribution < 1.29 is 4.79 Å². The molecule has 1 heterocycles. The van der Waals surface area contributed by atoms with E-state index in [0.717, 1.165) is 31.5 Å². The molecule has 0 aromatic rings. The normalized spacial score (nSPS) is 34.9. The lowest BCUT2D eigenvalue weighted by Gasteiger charge is -2.29. The van der Waals surface area contributed by atoms with Gasteiger partial charge >= 0.3 is 0 Å². The topological polar surface area (TPSA) is 32.3 Å². The van der Waals surface area contributed by atoms with E-state index in [2.05, 4.69) is 31.0 Å². The molecule has 1 amide bonds. The van der Waals surface area contributed by atoms with Gasteiger partial charge in [0.2, 0.25) is 5.91 Å². The third-order valence-corrected chi connectivity index (χ3v) is 4.91. The monoisotopic (exact) mass is 252 g/mol. The van der Waals surface area contributed by atoms with Crippen LogP contribution < -0.4 is 5.32 Å². The molecule has 18 heavy (non-hydrogen) atoms. The van der Waals surface area contributed by atoms with Gasteiger partial charge < -0.3 is 4.90 Å². The lowest BCUT2D eigenvalue weighted by atomic mass is 9.83. The Bertz CT molecular complexity index is 284. The molecule has 3 heteroatoms. The van der Waals surface area contributed by atoms with Crippen LogP contribution in [0.15, 0.2) is 0 Å². The summed E-state index contributed by atoms with van der Waals surface area (Å²) in [5.74, 6) is 2.42. The number of hydrogen-bond donors (Lipinski definition) is 1. The summed E-state index contributed by atoms with van der Waals surface area (Å²) >= 11 is 0. The highest BCUT2D eigenvalue weighted by atomic mass is 16.2. The van der Waals surface area contributed by atoms with Crippen molar-refractivity contribution in [3.05, 3.63) is 0 Å². The molecular formula is C15H28N2O. The molecule has 104 valence electrons. The van der Waals surface area contributed by atoms with Gasteiger partial charge in [0.25, 0.3) is 0 Å². The maximum absolute atomic E-state index is 12.3. The minimum absolute atomic E-state index is 0.0671. The average Bonchev–Trinajstić information content (AvgIpc) is 2.73. The molecular weight excluding hydrogens is 224 g/mol. The van der Waals surface area contributed by atoms with Crippen LogP contribution in [-0.4, -0.2) is 30.1 Å². The van der Waals surface area contributed by atoms with Gasteiger partial charge in [0, 0.05) is 6.54 Å². The van der Waals surface area contributed by atoms with Gasteiger partial charge in [-0.05, 0) is 30.6 Å². The van der Waals surface area contributed by atoms with Crippen LogP contribution in [0, 0.1) is 17.8 Å². The minimum Gasteiger partial charge on any atom is -0.328 e. The summed E-state index contributed by atoms with van der Waals surface area (Å²) in [5, 5.41) is 3.38. The molecule has 0 bridgehead atoms. The molecule has 2 atom stereocenters. The van der Waals surface area contributed by atoms with Crippen LogP contribution >= 0.6 is 0 Å². The number of amides is 1. The predicted molar refractivity (Wildman–Crippen MR) is 74.1 cm³/mol. The molecule has 0 aromatic heterocycles. The van der Waals surface area contributed by atoms with Crippen molar-refractivity contribution in [2.24, 2.45) is 17.8 Å². The second-order valence-corrected chi connectivity index (χ2v) is 6.41. The summed E-state index contributed by atoms with van der Waals surface area (Å²) in [6.45, 7) is 8.41. The highest BCUT2D eigenvalue weighted by Gasteiger charge is 2.35. The van der Waals surface area contributed by atoms with Gasteiger partial charge in [0.15, 0.2) is 0 Å². The second kappa shape index (κ2) is 6.05. The van der Waals surface area contributed by atoms with E-state index in [1.165, 1.54) is 25.7 Å². The van der Waals surface area contributed by atoms with Crippen molar-refractivity contribution in [1.82, 2.24) is 10.2 Å². The van der Waals surface area contributed by atoms with Gasteiger partial charge in [0.1, 0.15) is 0 Å². The number of nitrogens with one attached hydrogen (secondary N) is 1. The summed E-state index contributed by atoms with van der Waals surface area (Å²) < 4.78 is 0. The quantitative estimate of drug-likeness (QED) is 0.834. The Kier molecular flexibility index (Phi) is 4.66. The van der Waals surface area contributed by atoms with Gasteiger partial charge in [0.05, 0.1) is 12.7 Å². The Morgan fingerprint density at radius 3 is 2.61 bits per heavy atom. The molecule has 2 aliphatic rings. The third kappa shape index (κ3) is 3.05. The summed E-state index contributed by atoms with van der Waals surface area (Å²) in [5.41, 5.74) is 0. The van der Waals surface area contributed by atoms with Gasteiger partial charge in [-0.25, -0.2) is 0 Å². The molecule has 0 radical (unpaired) electrons. The van der Waals surface area contributed by atoms with Crippen LogP contribution in [-0.2, 0) is 4.79 Å². The fourth-order valence-corrected chi connectivity index (χ4v) is 3.23. The molecule has 1 aliphatic carbocycles. The summed E-state index contributed by atoms with van der Waals surface area (Å²) in [6.07, 6.45) is 6.36. The van der Waals surface area contributed by atoms with Crippen LogP contribution in [0.1, 0.15) is 52.9 Å². The summed E-state index contributed by atoms with van der Waals surface area (Å²) in [6, 6.07) is 0.0671. The van der Waals surface area contributed by atoms with Crippen molar-refractivity contribution >= 4 is 5.91 Å². The van der Waals surface area contributed by atoms with Gasteiger partial charge in [-0.1, -0.05) is 40.0 Å². The summed E-state index contributed by atoms with van der Waals surface area (Å²) in [7, 11) is 0. The fraction of sp³-hybridized carbons (Fsp3) is 0.933. The molecule has 0 spiro atoms. The lowest BCUT2D eigenvalue weighted by molar-refractivity contribution is -0.130. The molecule has 3 nitrogen and oxygen atoms in total. The van der Waals surface area contributed by atoms with Crippen LogP contribution in [0.5, 0.6) is 0 Å². The van der Waals surface area contributed by atoms with Crippen molar-refractivity contribution in [2.75, 3.05) is 13.2 Å². The van der Waals surface area contributed by atoms with Crippen LogP contribution in [0.25, 0.3) is 0 Å². The van der Waals surface area contributed by atoms with Gasteiger partial charge in [-0.2, -0.15) is 0 Å². The Balaban J connectivity index is 1.82. The first-order chi connectivity index (χ1) is 8.61. The van der Waals surface area contributed by atoms with Crippen molar-refractivity contribution in [3.8, 4) is 0 Å². The number of rotatable bonds is 4. The first-order valence-electron chi connectivity index (χ1n) is 7.64. The molecule has 1 saturated heterocycles. The first-order valence-corrected chi connectivity index (χ1v) is 7.64. The fourth-order valence-electron chi connectivity index (χ4n) is 3.23. The number of nitrogens with zero attached hydrogens (tertiary/aromatic N) is 1. The Hall–Kier alpha value is -0.570. The minimum atomic E-state index is 0.0671. The Morgan fingerprint density at radius 2 is 2.00 bits per heavy atom. The van der Waals surface area contributed by atoms with E-state index < -0.39 is 0 Å². The van der Waals surface area contributed by atoms with E-state index >= 15 is 0 Å². The zero-order valence-electron chi connectivity index (χ0n) is 12.1. The lowest BCUT2D eigenvalue weighted by Crippen LogP contribution is -2.37. The highest BCUT2D eigenvalue weighted by Crippen LogP contribution is 2.29. The van der Waals surface area contributed by atoms with E-state index in [0.29, 0.717) is 11.8 Å². The number of hydrogen-bond acceptors (Lipinski definition) is 2. The van der Waals surface area contributed by atoms with E-state index in [4.69, 9.17) is 0 Å². The number of carbonyl (C=O) groups is 1. The predicted octanol–water partition coefficient (Wildman–Crippen LogP) is 2.62. The largest absolute Gasteiger partial charge is 0.328 e. The summed E-state index contributed by atoms with van der Waals surface area (Å²) in [4.78, 5) is 14.4. The van der Waals surface area contributed by atoms with Crippen LogP contribution in [0.4, 0.5) is 0 Å². The van der Waals surface area contributed by atoms with Crippen molar-refractivity contribution in [1.29, 1.82) is 0 Å². The standard InChI is InChI=1S/C15H28N2O/c1-4-12(3)14-15(18)17(10-16-14)9-13-7-5-11(2)6-8-13/h11-14,16H,4-10H2,1-3H3. The van der Waals surface area contributed by atoms with Crippen molar-refractivity contribution in [3.63, 3.8) is 0 Å². The van der Waals surface area contributed by atoms with E-state index in [1.807, 2.05) is 0 Å². The molecule has 2 rings (SSSR count). The SMILES string of the molecule is CCC(C)C1NCN(CC2CCC(C)CC2)C1=O. The van der Waals surface area contributed by atoms with E-state index in [1.54, 1.807) is 0 Å². The molecule has 1 aliphatic heterocycles. The maximum atomic E-state index is 12.3. The molecule has 2 unspecified atom stereocenters. The molecule has 2 fully saturated rings. The molecule has 1 saturated carbocycles. The zero-order valence-corrected chi connectivity index (χ0v) is 12.1. The maximum Gasteiger partial charge on any atom is 0.241 e. The van der Waals surface area contributed by atoms with Gasteiger partial charge in [-0.15, -0.1) is 0 Å². The second-order valence-electron chi connectivity index (χ2n) is 6.41. The van der Waals surface area contributed by atoms with Crippen molar-refractivity contribution in [2.45, 2.75) is 58.9 Å². The smallest absolute Gasteiger partial charge is 0.241 e. The number of carbonyl (C=O) groups excluding carboxylic acids is 1. The third-order valence-electron chi connectivity index (χ3n) is 4.91. The Labute approximate surface area is 111 Å².